The van der Waals surface area contributed by atoms with Crippen molar-refractivity contribution in [1.29, 1.82) is 0 Å². The second kappa shape index (κ2) is 8.88. The van der Waals surface area contributed by atoms with Gasteiger partial charge in [-0.25, -0.2) is 0 Å². The number of benzene rings is 2. The van der Waals surface area contributed by atoms with Crippen molar-refractivity contribution in [1.82, 2.24) is 4.90 Å². The molecular weight excluding hydrogens is 336 g/mol. The summed E-state index contributed by atoms with van der Waals surface area (Å²) in [6.45, 7) is 3.87. The fraction of sp³-hybridized carbons (Fsp3) is 0.350. The summed E-state index contributed by atoms with van der Waals surface area (Å²) in [5.74, 6) is 0.759. The van der Waals surface area contributed by atoms with E-state index in [1.807, 2.05) is 41.3 Å². The molecule has 5 heteroatoms. The monoisotopic (exact) mass is 360 g/mol. The van der Waals surface area contributed by atoms with Gasteiger partial charge in [0.25, 0.3) is 5.91 Å². The topological polar surface area (TPSA) is 55.6 Å². The van der Waals surface area contributed by atoms with Gasteiger partial charge >= 0.3 is 0 Å². The first-order chi connectivity index (χ1) is 11.7. The summed E-state index contributed by atoms with van der Waals surface area (Å²) < 4.78 is 5.86. The molecule has 1 heterocycles. The van der Waals surface area contributed by atoms with Crippen LogP contribution in [0.15, 0.2) is 48.5 Å². The van der Waals surface area contributed by atoms with Gasteiger partial charge in [0, 0.05) is 24.7 Å². The molecule has 1 saturated heterocycles. The molecule has 3 rings (SSSR count). The standard InChI is InChI=1S/C20H24N2O2.ClH/c1-15-5-2-6-16(11-15)14-24-19-9-3-7-17(12-19)20(23)22-10-4-8-18(22)13-21;/h2-3,5-7,9,11-12,18H,4,8,10,13-14,21H2,1H3;1H. The third-order valence-electron chi connectivity index (χ3n) is 4.48. The first-order valence-electron chi connectivity index (χ1n) is 8.47. The van der Waals surface area contributed by atoms with Gasteiger partial charge in [-0.05, 0) is 43.5 Å². The molecule has 2 aromatic carbocycles. The summed E-state index contributed by atoms with van der Waals surface area (Å²) in [5.41, 5.74) is 8.77. The van der Waals surface area contributed by atoms with Crippen LogP contribution in [0.1, 0.15) is 34.3 Å². The molecule has 2 aromatic rings. The summed E-state index contributed by atoms with van der Waals surface area (Å²) in [6.07, 6.45) is 2.02. The molecule has 0 bridgehead atoms. The van der Waals surface area contributed by atoms with Crippen LogP contribution in [0.25, 0.3) is 0 Å². The van der Waals surface area contributed by atoms with E-state index in [2.05, 4.69) is 19.1 Å². The Bertz CT molecular complexity index is 720. The number of ether oxygens (including phenoxy) is 1. The van der Waals surface area contributed by atoms with Gasteiger partial charge < -0.3 is 15.4 Å². The van der Waals surface area contributed by atoms with Gasteiger partial charge in [-0.15, -0.1) is 12.4 Å². The number of hydrogen-bond acceptors (Lipinski definition) is 3. The van der Waals surface area contributed by atoms with Crippen LogP contribution in [0.5, 0.6) is 5.75 Å². The van der Waals surface area contributed by atoms with Gasteiger partial charge in [0.15, 0.2) is 0 Å². The molecule has 134 valence electrons. The van der Waals surface area contributed by atoms with E-state index >= 15 is 0 Å². The van der Waals surface area contributed by atoms with Gasteiger partial charge in [-0.1, -0.05) is 35.9 Å². The number of amides is 1. The Labute approximate surface area is 155 Å². The third-order valence-corrected chi connectivity index (χ3v) is 4.48. The lowest BCUT2D eigenvalue weighted by molar-refractivity contribution is 0.0740. The van der Waals surface area contributed by atoms with Crippen LogP contribution in [-0.4, -0.2) is 29.9 Å². The molecule has 0 aromatic heterocycles. The van der Waals surface area contributed by atoms with Crippen molar-refractivity contribution < 1.29 is 9.53 Å². The molecule has 1 unspecified atom stereocenters. The van der Waals surface area contributed by atoms with Crippen molar-refractivity contribution in [3.63, 3.8) is 0 Å². The number of nitrogens with zero attached hydrogens (tertiary/aromatic N) is 1. The Morgan fingerprint density at radius 1 is 1.24 bits per heavy atom. The molecule has 0 spiro atoms. The van der Waals surface area contributed by atoms with Gasteiger partial charge in [-0.3, -0.25) is 4.79 Å². The molecule has 1 fully saturated rings. The number of carbonyl (C=O) groups is 1. The molecule has 1 aliphatic rings. The quantitative estimate of drug-likeness (QED) is 0.887. The highest BCUT2D eigenvalue weighted by atomic mass is 35.5. The number of likely N-dealkylation sites (tertiary alicyclic amines) is 1. The van der Waals surface area contributed by atoms with Crippen molar-refractivity contribution >= 4 is 18.3 Å². The molecule has 2 N–H and O–H groups in total. The van der Waals surface area contributed by atoms with Crippen LogP contribution in [0, 0.1) is 6.92 Å². The molecule has 0 aliphatic carbocycles. The van der Waals surface area contributed by atoms with Crippen LogP contribution >= 0.6 is 12.4 Å². The maximum atomic E-state index is 12.7. The maximum Gasteiger partial charge on any atom is 0.254 e. The number of nitrogens with two attached hydrogens (primary N) is 1. The lowest BCUT2D eigenvalue weighted by Gasteiger charge is -2.23. The van der Waals surface area contributed by atoms with Crippen LogP contribution in [-0.2, 0) is 6.61 Å². The van der Waals surface area contributed by atoms with E-state index in [1.165, 1.54) is 5.56 Å². The van der Waals surface area contributed by atoms with E-state index < -0.39 is 0 Å². The lowest BCUT2D eigenvalue weighted by Crippen LogP contribution is -2.39. The SMILES string of the molecule is Cc1cccc(COc2cccc(C(=O)N3CCCC3CN)c2)c1.Cl. The largest absolute Gasteiger partial charge is 0.489 e. The first kappa shape index (κ1) is 19.3. The van der Waals surface area contributed by atoms with E-state index in [0.717, 1.165) is 24.9 Å². The fourth-order valence-electron chi connectivity index (χ4n) is 3.20. The van der Waals surface area contributed by atoms with Crippen molar-refractivity contribution in [2.45, 2.75) is 32.4 Å². The average molecular weight is 361 g/mol. The van der Waals surface area contributed by atoms with Crippen LogP contribution < -0.4 is 10.5 Å². The predicted octanol–water partition coefficient (Wildman–Crippen LogP) is 3.56. The third kappa shape index (κ3) is 4.74. The highest BCUT2D eigenvalue weighted by molar-refractivity contribution is 5.95. The van der Waals surface area contributed by atoms with E-state index in [-0.39, 0.29) is 24.4 Å². The van der Waals surface area contributed by atoms with Gasteiger partial charge in [0.2, 0.25) is 0 Å². The fourth-order valence-corrected chi connectivity index (χ4v) is 3.20. The Balaban J connectivity index is 0.00000225. The van der Waals surface area contributed by atoms with E-state index in [4.69, 9.17) is 10.5 Å². The number of carbonyl (C=O) groups excluding carboxylic acids is 1. The lowest BCUT2D eigenvalue weighted by atomic mass is 10.1. The summed E-state index contributed by atoms with van der Waals surface area (Å²) in [6, 6.07) is 15.8. The molecule has 25 heavy (non-hydrogen) atoms. The van der Waals surface area contributed by atoms with Crippen molar-refractivity contribution in [2.24, 2.45) is 5.73 Å². The number of rotatable bonds is 5. The normalized spacial score (nSPS) is 16.4. The summed E-state index contributed by atoms with van der Waals surface area (Å²) in [4.78, 5) is 14.6. The first-order valence-corrected chi connectivity index (χ1v) is 8.47. The average Bonchev–Trinajstić information content (AvgIpc) is 3.08. The van der Waals surface area contributed by atoms with E-state index in [9.17, 15) is 4.79 Å². The minimum absolute atomic E-state index is 0. The van der Waals surface area contributed by atoms with Crippen molar-refractivity contribution in [3.8, 4) is 5.75 Å². The Kier molecular flexibility index (Phi) is 6.85. The number of aryl methyl sites for hydroxylation is 1. The highest BCUT2D eigenvalue weighted by Gasteiger charge is 2.28. The van der Waals surface area contributed by atoms with Gasteiger partial charge in [0.05, 0.1) is 0 Å². The zero-order chi connectivity index (χ0) is 16.9. The second-order valence-corrected chi connectivity index (χ2v) is 6.34. The molecular formula is C20H25ClN2O2. The molecule has 1 atom stereocenters. The molecule has 1 aliphatic heterocycles. The summed E-state index contributed by atoms with van der Waals surface area (Å²) in [5, 5.41) is 0. The summed E-state index contributed by atoms with van der Waals surface area (Å²) in [7, 11) is 0. The molecule has 0 radical (unpaired) electrons. The number of halogens is 1. The molecule has 0 saturated carbocycles. The maximum absolute atomic E-state index is 12.7. The van der Waals surface area contributed by atoms with Crippen molar-refractivity contribution in [3.05, 3.63) is 65.2 Å². The van der Waals surface area contributed by atoms with Crippen LogP contribution in [0.4, 0.5) is 0 Å². The minimum Gasteiger partial charge on any atom is -0.489 e. The van der Waals surface area contributed by atoms with Crippen LogP contribution in [0.2, 0.25) is 0 Å². The Morgan fingerprint density at radius 3 is 2.80 bits per heavy atom. The number of hydrogen-bond donors (Lipinski definition) is 1. The highest BCUT2D eigenvalue weighted by Crippen LogP contribution is 2.22. The Morgan fingerprint density at radius 2 is 2.04 bits per heavy atom. The smallest absolute Gasteiger partial charge is 0.254 e. The zero-order valence-corrected chi connectivity index (χ0v) is 15.3. The van der Waals surface area contributed by atoms with Crippen molar-refractivity contribution in [2.75, 3.05) is 13.1 Å². The molecule has 4 nitrogen and oxygen atoms in total. The minimum atomic E-state index is 0. The zero-order valence-electron chi connectivity index (χ0n) is 14.5. The second-order valence-electron chi connectivity index (χ2n) is 6.34. The summed E-state index contributed by atoms with van der Waals surface area (Å²) >= 11 is 0. The van der Waals surface area contributed by atoms with Gasteiger partial charge in [0.1, 0.15) is 12.4 Å². The van der Waals surface area contributed by atoms with Crippen LogP contribution in [0.3, 0.4) is 0 Å². The van der Waals surface area contributed by atoms with E-state index in [0.29, 0.717) is 24.5 Å². The van der Waals surface area contributed by atoms with Gasteiger partial charge in [-0.2, -0.15) is 0 Å². The predicted molar refractivity (Wildman–Crippen MR) is 102 cm³/mol. The van der Waals surface area contributed by atoms with E-state index in [1.54, 1.807) is 0 Å². The Hall–Kier alpha value is -2.04. The molecule has 1 amide bonds.